The van der Waals surface area contributed by atoms with Crippen molar-refractivity contribution in [1.29, 1.82) is 0 Å². The molecule has 0 radical (unpaired) electrons. The van der Waals surface area contributed by atoms with Gasteiger partial charge < -0.3 is 4.43 Å². The molecule has 0 atom stereocenters. The molecular formula is C30H28OSi. The molecule has 0 aliphatic rings. The fraction of sp³-hybridized carbons (Fsp3) is 0.0667. The molecule has 1 nitrogen and oxygen atoms in total. The standard InChI is InChI=1S/C30H28OSi/c1-25(2)23-27(26-15-7-3-8-16-26)24-32(29-19-11-5-12-20-29,30-21-13-6-14-22-30)31-28-17-9-4-10-18-28/h3-22,24H,1,23H2,2H3/b27-24+. The molecule has 0 heterocycles. The minimum absolute atomic E-state index is 0.802. The van der Waals surface area contributed by atoms with Gasteiger partial charge in [-0.15, -0.1) is 0 Å². The molecule has 0 aliphatic heterocycles. The Morgan fingerprint density at radius 2 is 1.12 bits per heavy atom. The van der Waals surface area contributed by atoms with Crippen LogP contribution in [0.2, 0.25) is 0 Å². The molecule has 4 aromatic carbocycles. The minimum Gasteiger partial charge on any atom is -0.531 e. The highest BCUT2D eigenvalue weighted by atomic mass is 28.4. The second-order valence-corrected chi connectivity index (χ2v) is 11.2. The van der Waals surface area contributed by atoms with Crippen molar-refractivity contribution in [2.75, 3.05) is 0 Å². The summed E-state index contributed by atoms with van der Waals surface area (Å²) in [5.74, 6) is 0.880. The molecule has 0 bridgehead atoms. The first-order valence-electron chi connectivity index (χ1n) is 10.9. The third-order valence-corrected chi connectivity index (χ3v) is 9.14. The smallest absolute Gasteiger partial charge is 0.340 e. The average Bonchev–Trinajstić information content (AvgIpc) is 2.85. The van der Waals surface area contributed by atoms with E-state index in [1.54, 1.807) is 0 Å². The highest BCUT2D eigenvalue weighted by molar-refractivity contribution is 7.02. The molecule has 0 aliphatic carbocycles. The minimum atomic E-state index is -2.80. The Morgan fingerprint density at radius 1 is 0.688 bits per heavy atom. The third-order valence-electron chi connectivity index (χ3n) is 5.44. The maximum Gasteiger partial charge on any atom is 0.340 e. The molecule has 2 heteroatoms. The van der Waals surface area contributed by atoms with Crippen LogP contribution in [0.1, 0.15) is 18.9 Å². The van der Waals surface area contributed by atoms with Gasteiger partial charge in [-0.3, -0.25) is 0 Å². The van der Waals surface area contributed by atoms with Crippen molar-refractivity contribution < 1.29 is 4.43 Å². The van der Waals surface area contributed by atoms with Crippen LogP contribution in [-0.4, -0.2) is 8.32 Å². The first kappa shape index (κ1) is 21.6. The van der Waals surface area contributed by atoms with Gasteiger partial charge in [-0.05, 0) is 52.7 Å². The molecule has 0 unspecified atom stereocenters. The van der Waals surface area contributed by atoms with Crippen LogP contribution in [0.3, 0.4) is 0 Å². The third kappa shape index (κ3) is 4.98. The molecule has 0 aromatic heterocycles. The maximum atomic E-state index is 7.04. The lowest BCUT2D eigenvalue weighted by atomic mass is 10.0. The van der Waals surface area contributed by atoms with E-state index in [-0.39, 0.29) is 0 Å². The van der Waals surface area contributed by atoms with E-state index < -0.39 is 8.32 Å². The Labute approximate surface area is 192 Å². The lowest BCUT2D eigenvalue weighted by molar-refractivity contribution is 0.576. The first-order chi connectivity index (χ1) is 15.7. The topological polar surface area (TPSA) is 9.23 Å². The number of hydrogen-bond acceptors (Lipinski definition) is 1. The quantitative estimate of drug-likeness (QED) is 0.231. The molecule has 0 saturated heterocycles. The first-order valence-corrected chi connectivity index (χ1v) is 12.9. The molecule has 0 amide bonds. The van der Waals surface area contributed by atoms with Crippen molar-refractivity contribution in [2.45, 2.75) is 13.3 Å². The van der Waals surface area contributed by atoms with Crippen LogP contribution in [0.4, 0.5) is 0 Å². The average molecular weight is 433 g/mol. The van der Waals surface area contributed by atoms with Crippen LogP contribution in [0.25, 0.3) is 5.57 Å². The van der Waals surface area contributed by atoms with E-state index in [0.717, 1.165) is 17.7 Å². The summed E-state index contributed by atoms with van der Waals surface area (Å²) >= 11 is 0. The summed E-state index contributed by atoms with van der Waals surface area (Å²) in [6.07, 6.45) is 0.802. The van der Waals surface area contributed by atoms with Crippen LogP contribution in [0.15, 0.2) is 139 Å². The SMILES string of the molecule is C=C(C)C/C(=C\[Si](Oc1ccccc1)(c1ccccc1)c1ccccc1)c1ccccc1. The van der Waals surface area contributed by atoms with Crippen LogP contribution >= 0.6 is 0 Å². The monoisotopic (exact) mass is 432 g/mol. The van der Waals surface area contributed by atoms with E-state index in [2.05, 4.69) is 110 Å². The highest BCUT2D eigenvalue weighted by Crippen LogP contribution is 2.26. The zero-order valence-electron chi connectivity index (χ0n) is 18.4. The number of allylic oxidation sites excluding steroid dienone is 2. The molecule has 0 N–H and O–H groups in total. The van der Waals surface area contributed by atoms with Gasteiger partial charge in [-0.2, -0.15) is 0 Å². The second kappa shape index (κ2) is 10.1. The molecule has 0 saturated carbocycles. The van der Waals surface area contributed by atoms with Crippen LogP contribution in [-0.2, 0) is 0 Å². The summed E-state index contributed by atoms with van der Waals surface area (Å²) in [5, 5.41) is 2.43. The van der Waals surface area contributed by atoms with Gasteiger partial charge in [0, 0.05) is 0 Å². The Hall–Kier alpha value is -3.62. The van der Waals surface area contributed by atoms with E-state index in [0.29, 0.717) is 0 Å². The molecular weight excluding hydrogens is 404 g/mol. The van der Waals surface area contributed by atoms with Crippen molar-refractivity contribution in [1.82, 2.24) is 0 Å². The van der Waals surface area contributed by atoms with Gasteiger partial charge in [-0.1, -0.05) is 121 Å². The molecule has 4 aromatic rings. The van der Waals surface area contributed by atoms with Gasteiger partial charge in [0.2, 0.25) is 0 Å². The van der Waals surface area contributed by atoms with Gasteiger partial charge >= 0.3 is 8.32 Å². The summed E-state index contributed by atoms with van der Waals surface area (Å²) in [6.45, 7) is 6.30. The fourth-order valence-electron chi connectivity index (χ4n) is 3.99. The highest BCUT2D eigenvalue weighted by Gasteiger charge is 2.40. The van der Waals surface area contributed by atoms with Crippen molar-refractivity contribution in [2.24, 2.45) is 0 Å². The van der Waals surface area contributed by atoms with E-state index in [9.17, 15) is 0 Å². The van der Waals surface area contributed by atoms with Crippen LogP contribution in [0.5, 0.6) is 5.75 Å². The number of para-hydroxylation sites is 1. The Balaban J connectivity index is 2.00. The molecule has 0 spiro atoms. The largest absolute Gasteiger partial charge is 0.531 e. The number of rotatable bonds is 8. The molecule has 4 rings (SSSR count). The van der Waals surface area contributed by atoms with Gasteiger partial charge in [0.15, 0.2) is 0 Å². The zero-order chi connectivity index (χ0) is 22.2. The molecule has 0 fully saturated rings. The molecule has 158 valence electrons. The van der Waals surface area contributed by atoms with Crippen LogP contribution in [0, 0.1) is 0 Å². The Kier molecular flexibility index (Phi) is 6.83. The Morgan fingerprint density at radius 3 is 1.59 bits per heavy atom. The van der Waals surface area contributed by atoms with E-state index in [1.165, 1.54) is 21.5 Å². The summed E-state index contributed by atoms with van der Waals surface area (Å²) in [4.78, 5) is 0. The van der Waals surface area contributed by atoms with Gasteiger partial charge in [0.25, 0.3) is 0 Å². The van der Waals surface area contributed by atoms with Gasteiger partial charge in [-0.25, -0.2) is 0 Å². The van der Waals surface area contributed by atoms with Crippen molar-refractivity contribution in [3.05, 3.63) is 145 Å². The summed E-state index contributed by atoms with van der Waals surface area (Å²) in [7, 11) is -2.80. The summed E-state index contributed by atoms with van der Waals surface area (Å²) in [5.41, 5.74) is 5.99. The van der Waals surface area contributed by atoms with Crippen molar-refractivity contribution >= 4 is 24.3 Å². The lowest BCUT2D eigenvalue weighted by Crippen LogP contribution is -2.62. The second-order valence-electron chi connectivity index (χ2n) is 8.05. The zero-order valence-corrected chi connectivity index (χ0v) is 19.4. The summed E-state index contributed by atoms with van der Waals surface area (Å²) < 4.78 is 7.04. The van der Waals surface area contributed by atoms with E-state index >= 15 is 0 Å². The fourth-order valence-corrected chi connectivity index (χ4v) is 7.59. The molecule has 32 heavy (non-hydrogen) atoms. The normalized spacial score (nSPS) is 11.7. The lowest BCUT2D eigenvalue weighted by Gasteiger charge is -2.31. The van der Waals surface area contributed by atoms with E-state index in [1.807, 2.05) is 30.3 Å². The van der Waals surface area contributed by atoms with Crippen LogP contribution < -0.4 is 14.8 Å². The predicted molar refractivity (Wildman–Crippen MR) is 139 cm³/mol. The predicted octanol–water partition coefficient (Wildman–Crippen LogP) is 6.41. The Bertz CT molecular complexity index is 1130. The number of hydrogen-bond donors (Lipinski definition) is 0. The van der Waals surface area contributed by atoms with Gasteiger partial charge in [0.05, 0.1) is 0 Å². The van der Waals surface area contributed by atoms with E-state index in [4.69, 9.17) is 4.43 Å². The maximum absolute atomic E-state index is 7.04. The number of benzene rings is 4. The van der Waals surface area contributed by atoms with Gasteiger partial charge in [0.1, 0.15) is 5.75 Å². The summed E-state index contributed by atoms with van der Waals surface area (Å²) in [6, 6.07) is 42.1. The van der Waals surface area contributed by atoms with Crippen molar-refractivity contribution in [3.63, 3.8) is 0 Å². The van der Waals surface area contributed by atoms with Crippen molar-refractivity contribution in [3.8, 4) is 5.75 Å².